The smallest absolute Gasteiger partial charge is 0.410 e. The highest BCUT2D eigenvalue weighted by atomic mass is 19.1. The van der Waals surface area contributed by atoms with Gasteiger partial charge in [-0.05, 0) is 73.4 Å². The molecule has 0 atom stereocenters. The number of hydrogen-bond donors (Lipinski definition) is 3. The van der Waals surface area contributed by atoms with Crippen molar-refractivity contribution < 1.29 is 33.0 Å². The molecule has 0 bridgehead atoms. The molecular weight excluding hydrogens is 460 g/mol. The number of carbonyl (C=O) groups is 3. The Hall–Kier alpha value is -3.69. The minimum absolute atomic E-state index is 0.00230. The molecule has 0 unspecified atom stereocenters. The second kappa shape index (κ2) is 10.7. The highest BCUT2D eigenvalue weighted by Gasteiger charge is 2.28. The fourth-order valence-electron chi connectivity index (χ4n) is 4.62. The molecule has 4 rings (SSSR count). The first-order valence-electron chi connectivity index (χ1n) is 11.6. The second-order valence-electron chi connectivity index (χ2n) is 9.02. The molecule has 2 aromatic carbocycles. The van der Waals surface area contributed by atoms with Crippen molar-refractivity contribution in [2.24, 2.45) is 5.92 Å². The fraction of sp³-hybridized carbons (Fsp3) is 0.400. The Morgan fingerprint density at radius 3 is 2.31 bits per heavy atom. The zero-order chi connectivity index (χ0) is 24.9. The maximum atomic E-state index is 13.3. The molecule has 186 valence electrons. The molecule has 3 N–H and O–H groups in total. The molecule has 0 saturated heterocycles. The van der Waals surface area contributed by atoms with Gasteiger partial charge in [0.05, 0.1) is 0 Å². The van der Waals surface area contributed by atoms with Gasteiger partial charge in [0.2, 0.25) is 0 Å². The van der Waals surface area contributed by atoms with Crippen LogP contribution in [0.3, 0.4) is 0 Å². The third-order valence-corrected chi connectivity index (χ3v) is 6.38. The van der Waals surface area contributed by atoms with Crippen LogP contribution in [-0.4, -0.2) is 40.7 Å². The van der Waals surface area contributed by atoms with Gasteiger partial charge < -0.3 is 25.4 Å². The van der Waals surface area contributed by atoms with Gasteiger partial charge in [0, 0.05) is 37.0 Å². The van der Waals surface area contributed by atoms with E-state index in [0.717, 1.165) is 42.2 Å². The van der Waals surface area contributed by atoms with Crippen LogP contribution < -0.4 is 10.6 Å². The molecule has 0 radical (unpaired) electrons. The highest BCUT2D eigenvalue weighted by Crippen LogP contribution is 2.30. The number of nitrogens with zero attached hydrogens (tertiary/aromatic N) is 1. The number of fused-ring (bicyclic) bond motifs is 1. The number of hydrogen-bond acceptors (Lipinski definition) is 4. The number of ether oxygens (including phenoxy) is 1. The van der Waals surface area contributed by atoms with Gasteiger partial charge in [0.25, 0.3) is 0 Å². The van der Waals surface area contributed by atoms with Crippen LogP contribution >= 0.6 is 0 Å². The summed E-state index contributed by atoms with van der Waals surface area (Å²) in [6, 6.07) is 7.46. The molecule has 1 aliphatic carbocycles. The van der Waals surface area contributed by atoms with E-state index in [-0.39, 0.29) is 30.2 Å². The lowest BCUT2D eigenvalue weighted by Gasteiger charge is -2.32. The Morgan fingerprint density at radius 2 is 1.63 bits per heavy atom. The van der Waals surface area contributed by atoms with Crippen LogP contribution in [0.5, 0.6) is 0 Å². The molecule has 1 aliphatic heterocycles. The number of nitrogens with one attached hydrogen (secondary N) is 2. The fourth-order valence-corrected chi connectivity index (χ4v) is 4.62. The number of anilines is 2. The maximum absolute atomic E-state index is 13.3. The third kappa shape index (κ3) is 6.68. The summed E-state index contributed by atoms with van der Waals surface area (Å²) in [6.45, 7) is 0.857. The summed E-state index contributed by atoms with van der Waals surface area (Å²) >= 11 is 0. The van der Waals surface area contributed by atoms with Gasteiger partial charge in [-0.25, -0.2) is 18.4 Å². The van der Waals surface area contributed by atoms with E-state index < -0.39 is 23.6 Å². The number of amides is 3. The van der Waals surface area contributed by atoms with Crippen LogP contribution in [0.25, 0.3) is 0 Å². The SMILES string of the molecule is O=C(O)C[C@H]1CC[C@H](OC(=O)N2CCc3cc(NC(=O)Nc4cc(F)cc(F)c4)ccc3C2)CC1. The summed E-state index contributed by atoms with van der Waals surface area (Å²) in [5.74, 6) is -2.23. The molecule has 2 aliphatic rings. The Labute approximate surface area is 201 Å². The van der Waals surface area contributed by atoms with Gasteiger partial charge in [-0.1, -0.05) is 6.07 Å². The summed E-state index contributed by atoms with van der Waals surface area (Å²) in [5, 5.41) is 14.0. The molecule has 10 heteroatoms. The van der Waals surface area contributed by atoms with E-state index in [0.29, 0.717) is 38.0 Å². The van der Waals surface area contributed by atoms with Crippen LogP contribution in [0.15, 0.2) is 36.4 Å². The number of aliphatic carboxylic acids is 1. The number of urea groups is 1. The number of rotatable bonds is 5. The van der Waals surface area contributed by atoms with E-state index in [1.807, 2.05) is 12.1 Å². The van der Waals surface area contributed by atoms with Crippen molar-refractivity contribution in [3.05, 3.63) is 59.2 Å². The van der Waals surface area contributed by atoms with E-state index in [1.54, 1.807) is 11.0 Å². The van der Waals surface area contributed by atoms with E-state index >= 15 is 0 Å². The van der Waals surface area contributed by atoms with Crippen molar-refractivity contribution in [1.82, 2.24) is 4.90 Å². The van der Waals surface area contributed by atoms with Crippen LogP contribution in [0.4, 0.5) is 29.7 Å². The molecule has 35 heavy (non-hydrogen) atoms. The molecular formula is C25H27F2N3O5. The average Bonchev–Trinajstić information content (AvgIpc) is 2.79. The van der Waals surface area contributed by atoms with Crippen LogP contribution in [0.1, 0.15) is 43.2 Å². The van der Waals surface area contributed by atoms with Crippen LogP contribution in [0.2, 0.25) is 0 Å². The largest absolute Gasteiger partial charge is 0.481 e. The number of carbonyl (C=O) groups excluding carboxylic acids is 2. The number of carboxylic acids is 1. The first kappa shape index (κ1) is 24.4. The average molecular weight is 488 g/mol. The number of carboxylic acid groups (broad SMARTS) is 1. The van der Waals surface area contributed by atoms with Gasteiger partial charge in [-0.2, -0.15) is 0 Å². The predicted molar refractivity (Wildman–Crippen MR) is 124 cm³/mol. The van der Waals surface area contributed by atoms with Crippen molar-refractivity contribution >= 4 is 29.5 Å². The normalized spacial score (nSPS) is 19.4. The zero-order valence-corrected chi connectivity index (χ0v) is 19.1. The summed E-state index contributed by atoms with van der Waals surface area (Å²) in [7, 11) is 0. The third-order valence-electron chi connectivity index (χ3n) is 6.38. The van der Waals surface area contributed by atoms with E-state index in [2.05, 4.69) is 10.6 Å². The van der Waals surface area contributed by atoms with Crippen molar-refractivity contribution in [1.29, 1.82) is 0 Å². The quantitative estimate of drug-likeness (QED) is 0.542. The summed E-state index contributed by atoms with van der Waals surface area (Å²) in [5.41, 5.74) is 2.45. The highest BCUT2D eigenvalue weighted by molar-refractivity contribution is 5.99. The number of benzene rings is 2. The molecule has 2 aromatic rings. The standard InChI is InChI=1S/C25H27F2N3O5/c26-18-11-19(27)13-21(12-18)29-24(33)28-20-4-3-17-14-30(8-7-16(17)10-20)25(34)35-22-5-1-15(2-6-22)9-23(31)32/h3-4,10-13,15,22H,1-2,5-9,14H2,(H,31,32)(H2,28,29,33)/t15-,22-. The van der Waals surface area contributed by atoms with Crippen molar-refractivity contribution in [3.8, 4) is 0 Å². The Morgan fingerprint density at radius 1 is 0.943 bits per heavy atom. The Kier molecular flexibility index (Phi) is 7.48. The van der Waals surface area contributed by atoms with Gasteiger partial charge in [0.1, 0.15) is 17.7 Å². The topological polar surface area (TPSA) is 108 Å². The lowest BCUT2D eigenvalue weighted by Crippen LogP contribution is -2.39. The molecule has 8 nitrogen and oxygen atoms in total. The van der Waals surface area contributed by atoms with Crippen LogP contribution in [-0.2, 0) is 22.5 Å². The molecule has 1 fully saturated rings. The summed E-state index contributed by atoms with van der Waals surface area (Å²) in [4.78, 5) is 37.4. The first-order valence-corrected chi connectivity index (χ1v) is 11.6. The summed E-state index contributed by atoms with van der Waals surface area (Å²) < 4.78 is 32.3. The van der Waals surface area contributed by atoms with E-state index in [1.165, 1.54) is 0 Å². The predicted octanol–water partition coefficient (Wildman–Crippen LogP) is 5.14. The van der Waals surface area contributed by atoms with Gasteiger partial charge in [0.15, 0.2) is 0 Å². The Bertz CT molecular complexity index is 1100. The molecule has 0 spiro atoms. The van der Waals surface area contributed by atoms with Gasteiger partial charge in [-0.3, -0.25) is 4.79 Å². The first-order chi connectivity index (χ1) is 16.7. The second-order valence-corrected chi connectivity index (χ2v) is 9.02. The van der Waals surface area contributed by atoms with Crippen molar-refractivity contribution in [2.45, 2.75) is 51.2 Å². The minimum Gasteiger partial charge on any atom is -0.481 e. The Balaban J connectivity index is 1.28. The van der Waals surface area contributed by atoms with Gasteiger partial charge in [-0.15, -0.1) is 0 Å². The maximum Gasteiger partial charge on any atom is 0.410 e. The van der Waals surface area contributed by atoms with Crippen LogP contribution in [0, 0.1) is 17.6 Å². The molecule has 3 amide bonds. The lowest BCUT2D eigenvalue weighted by atomic mass is 9.85. The van der Waals surface area contributed by atoms with Crippen molar-refractivity contribution in [3.63, 3.8) is 0 Å². The minimum atomic E-state index is -0.793. The monoisotopic (exact) mass is 487 g/mol. The lowest BCUT2D eigenvalue weighted by molar-refractivity contribution is -0.138. The zero-order valence-electron chi connectivity index (χ0n) is 19.1. The van der Waals surface area contributed by atoms with E-state index in [4.69, 9.17) is 9.84 Å². The summed E-state index contributed by atoms with van der Waals surface area (Å²) in [6.07, 6.45) is 3.01. The molecule has 0 aromatic heterocycles. The van der Waals surface area contributed by atoms with Crippen molar-refractivity contribution in [2.75, 3.05) is 17.2 Å². The van der Waals surface area contributed by atoms with E-state index in [9.17, 15) is 23.2 Å². The van der Waals surface area contributed by atoms with Gasteiger partial charge >= 0.3 is 18.1 Å². The number of halogens is 2. The molecule has 1 saturated carbocycles. The molecule has 1 heterocycles.